The van der Waals surface area contributed by atoms with Crippen molar-refractivity contribution in [1.82, 2.24) is 20.5 Å². The van der Waals surface area contributed by atoms with Gasteiger partial charge in [-0.15, -0.1) is 0 Å². The van der Waals surface area contributed by atoms with Crippen molar-refractivity contribution in [1.29, 1.82) is 0 Å². The van der Waals surface area contributed by atoms with Gasteiger partial charge in [0, 0.05) is 0 Å². The molecule has 17 heavy (non-hydrogen) atoms. The van der Waals surface area contributed by atoms with Crippen LogP contribution in [-0.4, -0.2) is 21.1 Å². The molecule has 5 nitrogen and oxygen atoms in total. The highest BCUT2D eigenvalue weighted by atomic mass is 35.5. The SMILES string of the molecule is O=C(NCc1ncn[nH]1)c1ccc(F)cc1Cl. The minimum Gasteiger partial charge on any atom is -0.345 e. The molecule has 2 N–H and O–H groups in total. The molecular weight excluding hydrogens is 247 g/mol. The standard InChI is InChI=1S/C10H8ClFN4O/c11-8-3-6(12)1-2-7(8)10(17)13-4-9-14-5-15-16-9/h1-3,5H,4H2,(H,13,17)(H,14,15,16). The van der Waals surface area contributed by atoms with E-state index in [1.165, 1.54) is 18.5 Å². The van der Waals surface area contributed by atoms with E-state index in [0.29, 0.717) is 5.82 Å². The van der Waals surface area contributed by atoms with Gasteiger partial charge in [0.25, 0.3) is 5.91 Å². The first kappa shape index (κ1) is 11.5. The van der Waals surface area contributed by atoms with E-state index in [9.17, 15) is 9.18 Å². The molecule has 0 spiro atoms. The van der Waals surface area contributed by atoms with Gasteiger partial charge >= 0.3 is 0 Å². The number of nitrogens with one attached hydrogen (secondary N) is 2. The zero-order valence-corrected chi connectivity index (χ0v) is 9.33. The highest BCUT2D eigenvalue weighted by Crippen LogP contribution is 2.16. The summed E-state index contributed by atoms with van der Waals surface area (Å²) in [5.74, 6) is -0.357. The lowest BCUT2D eigenvalue weighted by molar-refractivity contribution is 0.0950. The lowest BCUT2D eigenvalue weighted by atomic mass is 10.2. The molecule has 0 atom stereocenters. The van der Waals surface area contributed by atoms with Crippen molar-refractivity contribution in [3.63, 3.8) is 0 Å². The van der Waals surface area contributed by atoms with Crippen molar-refractivity contribution in [2.45, 2.75) is 6.54 Å². The maximum Gasteiger partial charge on any atom is 0.253 e. The molecule has 0 fully saturated rings. The number of carbonyl (C=O) groups is 1. The Morgan fingerprint density at radius 1 is 1.53 bits per heavy atom. The summed E-state index contributed by atoms with van der Waals surface area (Å²) in [6.45, 7) is 0.201. The first-order chi connectivity index (χ1) is 8.16. The van der Waals surface area contributed by atoms with Crippen molar-refractivity contribution in [3.05, 3.63) is 46.8 Å². The van der Waals surface area contributed by atoms with E-state index in [2.05, 4.69) is 20.5 Å². The van der Waals surface area contributed by atoms with Crippen molar-refractivity contribution < 1.29 is 9.18 Å². The van der Waals surface area contributed by atoms with E-state index in [0.717, 1.165) is 6.07 Å². The van der Waals surface area contributed by atoms with Gasteiger partial charge in [-0.05, 0) is 18.2 Å². The van der Waals surface area contributed by atoms with Crippen LogP contribution in [0.2, 0.25) is 5.02 Å². The number of nitrogens with zero attached hydrogens (tertiary/aromatic N) is 2. The number of hydrogen-bond donors (Lipinski definition) is 2. The molecule has 2 rings (SSSR count). The molecular formula is C10H8ClFN4O. The Hall–Kier alpha value is -1.95. The number of aromatic nitrogens is 3. The van der Waals surface area contributed by atoms with E-state index in [1.807, 2.05) is 0 Å². The topological polar surface area (TPSA) is 70.7 Å². The Kier molecular flexibility index (Phi) is 3.34. The van der Waals surface area contributed by atoms with Crippen LogP contribution in [0.25, 0.3) is 0 Å². The van der Waals surface area contributed by atoms with E-state index in [-0.39, 0.29) is 17.1 Å². The Bertz CT molecular complexity index is 529. The highest BCUT2D eigenvalue weighted by molar-refractivity contribution is 6.33. The fourth-order valence-corrected chi connectivity index (χ4v) is 1.50. The second kappa shape index (κ2) is 4.92. The van der Waals surface area contributed by atoms with Crippen LogP contribution in [0, 0.1) is 5.82 Å². The number of aromatic amines is 1. The number of amides is 1. The quantitative estimate of drug-likeness (QED) is 0.873. The third kappa shape index (κ3) is 2.79. The molecule has 88 valence electrons. The third-order valence-electron chi connectivity index (χ3n) is 2.06. The second-order valence-corrected chi connectivity index (χ2v) is 3.65. The number of benzene rings is 1. The van der Waals surface area contributed by atoms with Gasteiger partial charge in [0.1, 0.15) is 18.0 Å². The van der Waals surface area contributed by atoms with E-state index < -0.39 is 11.7 Å². The lowest BCUT2D eigenvalue weighted by Crippen LogP contribution is -2.23. The molecule has 1 amide bonds. The number of H-pyrrole nitrogens is 1. The average molecular weight is 255 g/mol. The molecule has 0 unspecified atom stereocenters. The van der Waals surface area contributed by atoms with Crippen LogP contribution in [0.1, 0.15) is 16.2 Å². The number of halogens is 2. The van der Waals surface area contributed by atoms with Gasteiger partial charge in [-0.1, -0.05) is 11.6 Å². The molecule has 0 aliphatic rings. The Morgan fingerprint density at radius 3 is 3.00 bits per heavy atom. The van der Waals surface area contributed by atoms with Crippen molar-refractivity contribution >= 4 is 17.5 Å². The summed E-state index contributed by atoms with van der Waals surface area (Å²) in [7, 11) is 0. The minimum absolute atomic E-state index is 0.0695. The number of hydrogen-bond acceptors (Lipinski definition) is 3. The fourth-order valence-electron chi connectivity index (χ4n) is 1.25. The van der Waals surface area contributed by atoms with Crippen LogP contribution in [0.4, 0.5) is 4.39 Å². The monoisotopic (exact) mass is 254 g/mol. The minimum atomic E-state index is -0.484. The summed E-state index contributed by atoms with van der Waals surface area (Å²) in [6.07, 6.45) is 1.34. The Morgan fingerprint density at radius 2 is 2.35 bits per heavy atom. The fraction of sp³-hybridized carbons (Fsp3) is 0.100. The predicted molar refractivity (Wildman–Crippen MR) is 59.0 cm³/mol. The number of carbonyl (C=O) groups excluding carboxylic acids is 1. The van der Waals surface area contributed by atoms with Crippen LogP contribution in [0.3, 0.4) is 0 Å². The molecule has 0 bridgehead atoms. The van der Waals surface area contributed by atoms with Crippen molar-refractivity contribution in [3.8, 4) is 0 Å². The van der Waals surface area contributed by atoms with Crippen LogP contribution in [0.5, 0.6) is 0 Å². The van der Waals surface area contributed by atoms with Gasteiger partial charge in [0.2, 0.25) is 0 Å². The van der Waals surface area contributed by atoms with Crippen molar-refractivity contribution in [2.24, 2.45) is 0 Å². The van der Waals surface area contributed by atoms with Crippen LogP contribution < -0.4 is 5.32 Å². The molecule has 1 aromatic carbocycles. The molecule has 0 radical (unpaired) electrons. The zero-order valence-electron chi connectivity index (χ0n) is 8.58. The molecule has 2 aromatic rings. The van der Waals surface area contributed by atoms with Gasteiger partial charge in [-0.25, -0.2) is 9.37 Å². The predicted octanol–water partition coefficient (Wildman–Crippen LogP) is 1.53. The third-order valence-corrected chi connectivity index (χ3v) is 2.37. The van der Waals surface area contributed by atoms with Crippen LogP contribution in [0.15, 0.2) is 24.5 Å². The second-order valence-electron chi connectivity index (χ2n) is 3.24. The largest absolute Gasteiger partial charge is 0.345 e. The maximum atomic E-state index is 12.8. The highest BCUT2D eigenvalue weighted by Gasteiger charge is 2.11. The molecule has 0 saturated heterocycles. The summed E-state index contributed by atoms with van der Waals surface area (Å²) in [5, 5.41) is 8.89. The van der Waals surface area contributed by atoms with Crippen LogP contribution in [-0.2, 0) is 6.54 Å². The molecule has 1 aromatic heterocycles. The van der Waals surface area contributed by atoms with Gasteiger partial charge in [-0.3, -0.25) is 9.89 Å². The zero-order chi connectivity index (χ0) is 12.3. The molecule has 0 aliphatic carbocycles. The number of rotatable bonds is 3. The van der Waals surface area contributed by atoms with E-state index >= 15 is 0 Å². The Balaban J connectivity index is 2.04. The summed E-state index contributed by atoms with van der Waals surface area (Å²) in [5.41, 5.74) is 0.215. The van der Waals surface area contributed by atoms with Gasteiger partial charge in [0.05, 0.1) is 17.1 Å². The normalized spacial score (nSPS) is 10.2. The smallest absolute Gasteiger partial charge is 0.253 e. The summed E-state index contributed by atoms with van der Waals surface area (Å²) >= 11 is 5.75. The van der Waals surface area contributed by atoms with E-state index in [4.69, 9.17) is 11.6 Å². The maximum absolute atomic E-state index is 12.8. The summed E-state index contributed by atoms with van der Waals surface area (Å²) < 4.78 is 12.8. The Labute approximate surface area is 101 Å². The van der Waals surface area contributed by atoms with Gasteiger partial charge < -0.3 is 5.32 Å². The van der Waals surface area contributed by atoms with Gasteiger partial charge in [0.15, 0.2) is 0 Å². The first-order valence-electron chi connectivity index (χ1n) is 4.74. The van der Waals surface area contributed by atoms with E-state index in [1.54, 1.807) is 0 Å². The summed E-state index contributed by atoms with van der Waals surface area (Å²) in [6, 6.07) is 3.59. The average Bonchev–Trinajstić information content (AvgIpc) is 2.78. The van der Waals surface area contributed by atoms with Crippen LogP contribution >= 0.6 is 11.6 Å². The lowest BCUT2D eigenvalue weighted by Gasteiger charge is -2.04. The van der Waals surface area contributed by atoms with Crippen molar-refractivity contribution in [2.75, 3.05) is 0 Å². The first-order valence-corrected chi connectivity index (χ1v) is 5.12. The molecule has 7 heteroatoms. The molecule has 0 aliphatic heterocycles. The van der Waals surface area contributed by atoms with Gasteiger partial charge in [-0.2, -0.15) is 5.10 Å². The molecule has 1 heterocycles. The molecule has 0 saturated carbocycles. The summed E-state index contributed by atoms with van der Waals surface area (Å²) in [4.78, 5) is 15.5.